The molecule has 3 nitrogen and oxygen atoms in total. The van der Waals surface area contributed by atoms with E-state index in [1.165, 1.54) is 6.07 Å². The summed E-state index contributed by atoms with van der Waals surface area (Å²) in [6.07, 6.45) is -0.709. The Morgan fingerprint density at radius 3 is 2.62 bits per heavy atom. The third-order valence-corrected chi connectivity index (χ3v) is 3.45. The van der Waals surface area contributed by atoms with Crippen molar-refractivity contribution in [2.24, 2.45) is 0 Å². The number of aliphatic hydroxyl groups is 1. The third kappa shape index (κ3) is 3.73. The standard InChI is InChI=1S/C17H20FNO2/c1-3-19(16-10-5-4-9-15(16)18)12-17(20)13-7-6-8-14(11-13)21-2/h4-11,17,20H,3,12H2,1-2H3. The SMILES string of the molecule is CCN(CC(O)c1cccc(OC)c1)c1ccccc1F. The van der Waals surface area contributed by atoms with Gasteiger partial charge in [0.25, 0.3) is 0 Å². The summed E-state index contributed by atoms with van der Waals surface area (Å²) in [7, 11) is 1.59. The Morgan fingerprint density at radius 1 is 1.19 bits per heavy atom. The van der Waals surface area contributed by atoms with Crippen LogP contribution in [0.5, 0.6) is 5.75 Å². The highest BCUT2D eigenvalue weighted by Crippen LogP contribution is 2.24. The lowest BCUT2D eigenvalue weighted by atomic mass is 10.1. The van der Waals surface area contributed by atoms with Crippen molar-refractivity contribution in [3.05, 3.63) is 59.9 Å². The van der Waals surface area contributed by atoms with Gasteiger partial charge in [0.1, 0.15) is 11.6 Å². The number of para-hydroxylation sites is 1. The fourth-order valence-corrected chi connectivity index (χ4v) is 2.27. The van der Waals surface area contributed by atoms with Gasteiger partial charge in [-0.2, -0.15) is 0 Å². The molecule has 0 heterocycles. The van der Waals surface area contributed by atoms with E-state index in [4.69, 9.17) is 4.74 Å². The Hall–Kier alpha value is -2.07. The van der Waals surface area contributed by atoms with Gasteiger partial charge in [-0.3, -0.25) is 0 Å². The quantitative estimate of drug-likeness (QED) is 0.884. The van der Waals surface area contributed by atoms with Crippen LogP contribution < -0.4 is 9.64 Å². The minimum atomic E-state index is -0.709. The molecule has 4 heteroatoms. The Kier molecular flexibility index (Phi) is 5.17. The number of ether oxygens (including phenoxy) is 1. The Bertz CT molecular complexity index is 589. The zero-order valence-electron chi connectivity index (χ0n) is 12.3. The second-order valence-electron chi connectivity index (χ2n) is 4.78. The number of rotatable bonds is 6. The minimum absolute atomic E-state index is 0.280. The Balaban J connectivity index is 2.16. The molecule has 0 aliphatic heterocycles. The predicted molar refractivity (Wildman–Crippen MR) is 82.2 cm³/mol. The van der Waals surface area contributed by atoms with E-state index in [1.807, 2.05) is 30.0 Å². The molecule has 112 valence electrons. The molecule has 0 radical (unpaired) electrons. The molecule has 21 heavy (non-hydrogen) atoms. The van der Waals surface area contributed by atoms with Crippen LogP contribution >= 0.6 is 0 Å². The lowest BCUT2D eigenvalue weighted by Crippen LogP contribution is -2.29. The van der Waals surface area contributed by atoms with Gasteiger partial charge in [0.05, 0.1) is 18.9 Å². The van der Waals surface area contributed by atoms with Crippen molar-refractivity contribution < 1.29 is 14.2 Å². The molecule has 2 aromatic carbocycles. The smallest absolute Gasteiger partial charge is 0.146 e. The monoisotopic (exact) mass is 289 g/mol. The summed E-state index contributed by atoms with van der Waals surface area (Å²) in [5.74, 6) is 0.415. The molecule has 0 saturated carbocycles. The van der Waals surface area contributed by atoms with Crippen molar-refractivity contribution in [3.63, 3.8) is 0 Å². The molecule has 0 fully saturated rings. The van der Waals surface area contributed by atoms with Gasteiger partial charge < -0.3 is 14.7 Å². The van der Waals surface area contributed by atoms with Gasteiger partial charge in [0.15, 0.2) is 0 Å². The lowest BCUT2D eigenvalue weighted by molar-refractivity contribution is 0.183. The zero-order valence-corrected chi connectivity index (χ0v) is 12.3. The number of halogens is 1. The first-order chi connectivity index (χ1) is 10.2. The molecule has 0 saturated heterocycles. The first-order valence-corrected chi connectivity index (χ1v) is 6.97. The van der Waals surface area contributed by atoms with Crippen molar-refractivity contribution in [1.82, 2.24) is 0 Å². The molecule has 2 rings (SSSR count). The van der Waals surface area contributed by atoms with Crippen molar-refractivity contribution in [2.45, 2.75) is 13.0 Å². The van der Waals surface area contributed by atoms with E-state index in [2.05, 4.69) is 0 Å². The fraction of sp³-hybridized carbons (Fsp3) is 0.294. The van der Waals surface area contributed by atoms with E-state index < -0.39 is 6.10 Å². The maximum absolute atomic E-state index is 13.9. The first kappa shape index (κ1) is 15.3. The topological polar surface area (TPSA) is 32.7 Å². The highest BCUT2D eigenvalue weighted by Gasteiger charge is 2.16. The number of benzene rings is 2. The number of aliphatic hydroxyl groups excluding tert-OH is 1. The highest BCUT2D eigenvalue weighted by atomic mass is 19.1. The van der Waals surface area contributed by atoms with Crippen LogP contribution in [0.2, 0.25) is 0 Å². The van der Waals surface area contributed by atoms with E-state index >= 15 is 0 Å². The van der Waals surface area contributed by atoms with E-state index in [0.717, 1.165) is 5.56 Å². The first-order valence-electron chi connectivity index (χ1n) is 6.97. The summed E-state index contributed by atoms with van der Waals surface area (Å²) in [5.41, 5.74) is 1.26. The second-order valence-corrected chi connectivity index (χ2v) is 4.78. The van der Waals surface area contributed by atoms with Crippen LogP contribution in [0.3, 0.4) is 0 Å². The molecule has 1 unspecified atom stereocenters. The lowest BCUT2D eigenvalue weighted by Gasteiger charge is -2.26. The van der Waals surface area contributed by atoms with Crippen LogP contribution in [0.15, 0.2) is 48.5 Å². The molecular weight excluding hydrogens is 269 g/mol. The third-order valence-electron chi connectivity index (χ3n) is 3.45. The zero-order chi connectivity index (χ0) is 15.2. The molecule has 1 atom stereocenters. The number of methoxy groups -OCH3 is 1. The number of likely N-dealkylation sites (N-methyl/N-ethyl adjacent to an activating group) is 1. The maximum atomic E-state index is 13.9. The van der Waals surface area contributed by atoms with Crippen LogP contribution in [0.1, 0.15) is 18.6 Å². The molecular formula is C17H20FNO2. The van der Waals surface area contributed by atoms with Gasteiger partial charge in [-0.05, 0) is 36.8 Å². The summed E-state index contributed by atoms with van der Waals surface area (Å²) in [5, 5.41) is 10.4. The highest BCUT2D eigenvalue weighted by molar-refractivity contribution is 5.48. The Labute approximate surface area is 124 Å². The van der Waals surface area contributed by atoms with Gasteiger partial charge >= 0.3 is 0 Å². The van der Waals surface area contributed by atoms with E-state index in [0.29, 0.717) is 24.5 Å². The summed E-state index contributed by atoms with van der Waals surface area (Å²) in [6, 6.07) is 13.9. The second kappa shape index (κ2) is 7.09. The van der Waals surface area contributed by atoms with Crippen LogP contribution in [0, 0.1) is 5.82 Å². The Morgan fingerprint density at radius 2 is 1.95 bits per heavy atom. The molecule has 0 aliphatic rings. The molecule has 0 aromatic heterocycles. The normalized spacial score (nSPS) is 12.0. The van der Waals surface area contributed by atoms with Crippen LogP contribution in [0.4, 0.5) is 10.1 Å². The summed E-state index contributed by atoms with van der Waals surface area (Å²) < 4.78 is 19.0. The number of anilines is 1. The fourth-order valence-electron chi connectivity index (χ4n) is 2.27. The van der Waals surface area contributed by atoms with E-state index in [-0.39, 0.29) is 5.82 Å². The van der Waals surface area contributed by atoms with Crippen LogP contribution in [-0.2, 0) is 0 Å². The van der Waals surface area contributed by atoms with Gasteiger partial charge in [0.2, 0.25) is 0 Å². The van der Waals surface area contributed by atoms with Crippen LogP contribution in [-0.4, -0.2) is 25.3 Å². The largest absolute Gasteiger partial charge is 0.497 e. The van der Waals surface area contributed by atoms with Gasteiger partial charge in [0, 0.05) is 13.1 Å². The van der Waals surface area contributed by atoms with E-state index in [1.54, 1.807) is 31.4 Å². The number of hydrogen-bond acceptors (Lipinski definition) is 3. The molecule has 0 amide bonds. The molecule has 0 aliphatic carbocycles. The maximum Gasteiger partial charge on any atom is 0.146 e. The van der Waals surface area contributed by atoms with Gasteiger partial charge in [-0.25, -0.2) is 4.39 Å². The van der Waals surface area contributed by atoms with Crippen molar-refractivity contribution in [3.8, 4) is 5.75 Å². The van der Waals surface area contributed by atoms with Crippen molar-refractivity contribution in [2.75, 3.05) is 25.1 Å². The summed E-state index contributed by atoms with van der Waals surface area (Å²) in [6.45, 7) is 2.87. The van der Waals surface area contributed by atoms with Crippen molar-refractivity contribution in [1.29, 1.82) is 0 Å². The minimum Gasteiger partial charge on any atom is -0.497 e. The molecule has 0 bridgehead atoms. The van der Waals surface area contributed by atoms with Gasteiger partial charge in [-0.1, -0.05) is 24.3 Å². The van der Waals surface area contributed by atoms with Crippen molar-refractivity contribution >= 4 is 5.69 Å². The predicted octanol–water partition coefficient (Wildman–Crippen LogP) is 3.39. The summed E-state index contributed by atoms with van der Waals surface area (Å²) >= 11 is 0. The van der Waals surface area contributed by atoms with E-state index in [9.17, 15) is 9.50 Å². The number of nitrogens with zero attached hydrogens (tertiary/aromatic N) is 1. The molecule has 1 N–H and O–H groups in total. The summed E-state index contributed by atoms with van der Waals surface area (Å²) in [4.78, 5) is 1.82. The molecule has 2 aromatic rings. The average molecular weight is 289 g/mol. The van der Waals surface area contributed by atoms with Crippen LogP contribution in [0.25, 0.3) is 0 Å². The number of hydrogen-bond donors (Lipinski definition) is 1. The van der Waals surface area contributed by atoms with Gasteiger partial charge in [-0.15, -0.1) is 0 Å². The molecule has 0 spiro atoms. The average Bonchev–Trinajstić information content (AvgIpc) is 2.53.